The number of pyridine rings is 2. The molecule has 4 rings (SSSR count). The molecule has 0 radical (unpaired) electrons. The van der Waals surface area contributed by atoms with Crippen molar-refractivity contribution in [2.24, 2.45) is 0 Å². The Kier molecular flexibility index (Phi) is 2.80. The van der Waals surface area contributed by atoms with E-state index in [1.807, 2.05) is 36.5 Å². The maximum atomic E-state index is 9.12. The van der Waals surface area contributed by atoms with Gasteiger partial charge in [0.2, 0.25) is 0 Å². The van der Waals surface area contributed by atoms with Crippen LogP contribution in [-0.2, 0) is 6.61 Å². The van der Waals surface area contributed by atoms with Crippen LogP contribution >= 0.6 is 0 Å². The van der Waals surface area contributed by atoms with Crippen molar-refractivity contribution in [1.82, 2.24) is 15.0 Å². The van der Waals surface area contributed by atoms with Crippen molar-refractivity contribution in [3.63, 3.8) is 0 Å². The topological polar surface area (TPSA) is 87.8 Å². The Hall–Kier alpha value is -2.92. The van der Waals surface area contributed by atoms with E-state index in [4.69, 9.17) is 10.8 Å². The normalized spacial score (nSPS) is 11.3. The number of nitrogen functional groups attached to an aromatic ring is 1. The van der Waals surface area contributed by atoms with Crippen LogP contribution in [0.1, 0.15) is 5.56 Å². The van der Waals surface area contributed by atoms with Gasteiger partial charge < -0.3 is 15.8 Å². The number of fused-ring (bicyclic) bond motifs is 3. The van der Waals surface area contributed by atoms with Crippen LogP contribution in [0.3, 0.4) is 0 Å². The van der Waals surface area contributed by atoms with Gasteiger partial charge in [0.05, 0.1) is 18.3 Å². The van der Waals surface area contributed by atoms with E-state index in [1.165, 1.54) is 0 Å². The fourth-order valence-electron chi connectivity index (χ4n) is 2.65. The molecular weight excluding hydrogens is 276 g/mol. The smallest absolute Gasteiger partial charge is 0.138 e. The number of H-pyrrole nitrogens is 1. The van der Waals surface area contributed by atoms with E-state index in [9.17, 15) is 0 Å². The summed E-state index contributed by atoms with van der Waals surface area (Å²) < 4.78 is 0. The first-order valence-electron chi connectivity index (χ1n) is 6.98. The highest BCUT2D eigenvalue weighted by Gasteiger charge is 2.08. The minimum Gasteiger partial charge on any atom is -0.392 e. The number of aliphatic hydroxyl groups excluding tert-OH is 1. The lowest BCUT2D eigenvalue weighted by molar-refractivity contribution is 0.282. The van der Waals surface area contributed by atoms with E-state index in [2.05, 4.69) is 21.0 Å². The SMILES string of the molecule is Nc1cc2c(cn1)[nH]c1ncc(-c3ccc(CO)cc3)cc12. The Morgan fingerprint density at radius 1 is 0.955 bits per heavy atom. The molecule has 108 valence electrons. The molecule has 0 fully saturated rings. The number of nitrogens with zero attached hydrogens (tertiary/aromatic N) is 2. The first-order chi connectivity index (χ1) is 10.7. The maximum absolute atomic E-state index is 9.12. The second kappa shape index (κ2) is 4.82. The molecule has 1 aromatic carbocycles. The molecular formula is C17H14N4O. The van der Waals surface area contributed by atoms with Crippen molar-refractivity contribution in [2.45, 2.75) is 6.61 Å². The van der Waals surface area contributed by atoms with Crippen LogP contribution in [0, 0.1) is 0 Å². The highest BCUT2D eigenvalue weighted by molar-refractivity contribution is 6.07. The molecule has 5 heteroatoms. The second-order valence-corrected chi connectivity index (χ2v) is 5.25. The molecule has 0 aliphatic heterocycles. The summed E-state index contributed by atoms with van der Waals surface area (Å²) in [4.78, 5) is 11.8. The van der Waals surface area contributed by atoms with Crippen LogP contribution < -0.4 is 5.73 Å². The van der Waals surface area contributed by atoms with Crippen LogP contribution in [0.15, 0.2) is 48.8 Å². The van der Waals surface area contributed by atoms with Gasteiger partial charge in [0.25, 0.3) is 0 Å². The molecule has 0 atom stereocenters. The summed E-state index contributed by atoms with van der Waals surface area (Å²) in [6, 6.07) is 11.7. The molecule has 0 aliphatic carbocycles. The van der Waals surface area contributed by atoms with Crippen LogP contribution in [0.2, 0.25) is 0 Å². The van der Waals surface area contributed by atoms with Crippen molar-refractivity contribution < 1.29 is 5.11 Å². The van der Waals surface area contributed by atoms with Gasteiger partial charge in [-0.2, -0.15) is 0 Å². The van der Waals surface area contributed by atoms with Gasteiger partial charge in [-0.05, 0) is 23.3 Å². The van der Waals surface area contributed by atoms with Crippen molar-refractivity contribution in [3.05, 3.63) is 54.4 Å². The van der Waals surface area contributed by atoms with E-state index in [0.29, 0.717) is 5.82 Å². The first kappa shape index (κ1) is 12.8. The van der Waals surface area contributed by atoms with Gasteiger partial charge in [0.1, 0.15) is 11.5 Å². The summed E-state index contributed by atoms with van der Waals surface area (Å²) in [5.74, 6) is 0.492. The molecule has 0 saturated heterocycles. The Bertz CT molecular complexity index is 973. The molecule has 0 saturated carbocycles. The molecule has 3 heterocycles. The van der Waals surface area contributed by atoms with Gasteiger partial charge in [-0.15, -0.1) is 0 Å². The molecule has 4 N–H and O–H groups in total. The average molecular weight is 290 g/mol. The van der Waals surface area contributed by atoms with Crippen LogP contribution in [0.25, 0.3) is 33.1 Å². The van der Waals surface area contributed by atoms with Crippen molar-refractivity contribution in [2.75, 3.05) is 5.73 Å². The summed E-state index contributed by atoms with van der Waals surface area (Å²) in [5, 5.41) is 11.2. The van der Waals surface area contributed by atoms with E-state index >= 15 is 0 Å². The number of nitrogens with one attached hydrogen (secondary N) is 1. The van der Waals surface area contributed by atoms with Gasteiger partial charge in [-0.1, -0.05) is 24.3 Å². The zero-order valence-corrected chi connectivity index (χ0v) is 11.7. The first-order valence-corrected chi connectivity index (χ1v) is 6.98. The number of aromatic nitrogens is 3. The Labute approximate surface area is 126 Å². The van der Waals surface area contributed by atoms with Crippen molar-refractivity contribution in [1.29, 1.82) is 0 Å². The minimum absolute atomic E-state index is 0.0479. The molecule has 0 amide bonds. The Morgan fingerprint density at radius 2 is 1.77 bits per heavy atom. The van der Waals surface area contributed by atoms with Crippen molar-refractivity contribution in [3.8, 4) is 11.1 Å². The molecule has 0 unspecified atom stereocenters. The number of aliphatic hydroxyl groups is 1. The fourth-order valence-corrected chi connectivity index (χ4v) is 2.65. The lowest BCUT2D eigenvalue weighted by atomic mass is 10.0. The zero-order valence-electron chi connectivity index (χ0n) is 11.7. The molecule has 22 heavy (non-hydrogen) atoms. The lowest BCUT2D eigenvalue weighted by Crippen LogP contribution is -1.87. The van der Waals surface area contributed by atoms with Gasteiger partial charge in [0.15, 0.2) is 0 Å². The van der Waals surface area contributed by atoms with Crippen LogP contribution in [0.5, 0.6) is 0 Å². The zero-order chi connectivity index (χ0) is 15.1. The summed E-state index contributed by atoms with van der Waals surface area (Å²) in [6.45, 7) is 0.0479. The number of benzene rings is 1. The summed E-state index contributed by atoms with van der Waals surface area (Å²) in [7, 11) is 0. The maximum Gasteiger partial charge on any atom is 0.138 e. The fraction of sp³-hybridized carbons (Fsp3) is 0.0588. The Balaban J connectivity index is 1.91. The molecule has 0 aliphatic rings. The minimum atomic E-state index is 0.0479. The lowest BCUT2D eigenvalue weighted by Gasteiger charge is -2.03. The number of nitrogens with two attached hydrogens (primary N) is 1. The second-order valence-electron chi connectivity index (χ2n) is 5.25. The van der Waals surface area contributed by atoms with Gasteiger partial charge in [-0.25, -0.2) is 9.97 Å². The number of hydrogen-bond acceptors (Lipinski definition) is 4. The van der Waals surface area contributed by atoms with Crippen molar-refractivity contribution >= 4 is 27.8 Å². The quantitative estimate of drug-likeness (QED) is 0.529. The molecule has 5 nitrogen and oxygen atoms in total. The van der Waals surface area contributed by atoms with Crippen LogP contribution in [0.4, 0.5) is 5.82 Å². The van der Waals surface area contributed by atoms with Gasteiger partial charge >= 0.3 is 0 Å². The Morgan fingerprint density at radius 3 is 2.55 bits per heavy atom. The summed E-state index contributed by atoms with van der Waals surface area (Å²) in [5.41, 5.74) is 10.5. The number of hydrogen-bond donors (Lipinski definition) is 3. The number of anilines is 1. The van der Waals surface area contributed by atoms with E-state index in [1.54, 1.807) is 6.20 Å². The van der Waals surface area contributed by atoms with Gasteiger partial charge in [0, 0.05) is 22.5 Å². The third-order valence-corrected chi connectivity index (χ3v) is 3.83. The van der Waals surface area contributed by atoms with Crippen LogP contribution in [-0.4, -0.2) is 20.1 Å². The predicted octanol–water partition coefficient (Wildman–Crippen LogP) is 2.85. The molecule has 4 aromatic rings. The van der Waals surface area contributed by atoms with Gasteiger partial charge in [-0.3, -0.25) is 0 Å². The predicted molar refractivity (Wildman–Crippen MR) is 87.2 cm³/mol. The van der Waals surface area contributed by atoms with E-state index < -0.39 is 0 Å². The third kappa shape index (κ3) is 1.99. The summed E-state index contributed by atoms with van der Waals surface area (Å²) >= 11 is 0. The average Bonchev–Trinajstić information content (AvgIpc) is 2.92. The highest BCUT2D eigenvalue weighted by Crippen LogP contribution is 2.29. The van der Waals surface area contributed by atoms with E-state index in [-0.39, 0.29) is 6.61 Å². The number of aromatic amines is 1. The standard InChI is InChI=1S/C17H14N4O/c18-16-6-13-14-5-12(11-3-1-10(9-22)2-4-11)7-20-17(14)21-15(13)8-19-16/h1-8,22H,9H2,(H2,18,19)(H,20,21). The third-order valence-electron chi connectivity index (χ3n) is 3.83. The molecule has 0 bridgehead atoms. The number of rotatable bonds is 2. The summed E-state index contributed by atoms with van der Waals surface area (Å²) in [6.07, 6.45) is 3.56. The molecule has 3 aromatic heterocycles. The highest BCUT2D eigenvalue weighted by atomic mass is 16.3. The largest absolute Gasteiger partial charge is 0.392 e. The monoisotopic (exact) mass is 290 g/mol. The molecule has 0 spiro atoms. The van der Waals surface area contributed by atoms with E-state index in [0.717, 1.165) is 38.6 Å².